The molecule has 0 amide bonds. The minimum absolute atomic E-state index is 0.442. The molecule has 4 unspecified atom stereocenters. The van der Waals surface area contributed by atoms with Gasteiger partial charge in [0.2, 0.25) is 0 Å². The van der Waals surface area contributed by atoms with Gasteiger partial charge in [0.1, 0.15) is 0 Å². The summed E-state index contributed by atoms with van der Waals surface area (Å²) in [4.78, 5) is 2.71. The predicted molar refractivity (Wildman–Crippen MR) is 76.1 cm³/mol. The first kappa shape index (κ1) is 15.0. The molecule has 4 atom stereocenters. The number of hydrogen-bond donors (Lipinski definition) is 1. The Kier molecular flexibility index (Phi) is 6.50. The Bertz CT molecular complexity index is 205. The second-order valence-electron chi connectivity index (χ2n) is 5.93. The summed E-state index contributed by atoms with van der Waals surface area (Å²) in [5, 5.41) is 0. The highest BCUT2D eigenvalue weighted by Gasteiger charge is 2.29. The summed E-state index contributed by atoms with van der Waals surface area (Å²) in [5.41, 5.74) is 6.19. The van der Waals surface area contributed by atoms with E-state index in [9.17, 15) is 0 Å². The van der Waals surface area contributed by atoms with Gasteiger partial charge in [-0.15, -0.1) is 0 Å². The lowest BCUT2D eigenvalue weighted by molar-refractivity contribution is 0.0907. The van der Waals surface area contributed by atoms with Crippen molar-refractivity contribution in [3.8, 4) is 0 Å². The first-order valence-corrected chi connectivity index (χ1v) is 7.61. The molecule has 0 aliphatic carbocycles. The Morgan fingerprint density at radius 2 is 1.94 bits per heavy atom. The SMILES string of the molecule is CCC(C)CC(CC)N1CCC(N)C(CC)C1. The monoisotopic (exact) mass is 240 g/mol. The number of piperidine rings is 1. The Hall–Kier alpha value is -0.0800. The smallest absolute Gasteiger partial charge is 0.00953 e. The standard InChI is InChI=1S/C15H32N2/c1-5-12(4)10-14(7-3)17-9-8-15(16)13(6-2)11-17/h12-15H,5-11,16H2,1-4H3. The van der Waals surface area contributed by atoms with Gasteiger partial charge in [-0.05, 0) is 37.6 Å². The van der Waals surface area contributed by atoms with Crippen molar-refractivity contribution in [1.29, 1.82) is 0 Å². The van der Waals surface area contributed by atoms with Gasteiger partial charge in [-0.3, -0.25) is 4.90 Å². The predicted octanol–water partition coefficient (Wildman–Crippen LogP) is 3.26. The Labute approximate surface area is 108 Å². The maximum Gasteiger partial charge on any atom is 0.00953 e. The molecule has 102 valence electrons. The number of nitrogens with two attached hydrogens (primary N) is 1. The average molecular weight is 240 g/mol. The molecule has 0 aromatic rings. The van der Waals surface area contributed by atoms with Gasteiger partial charge in [0.25, 0.3) is 0 Å². The first-order valence-electron chi connectivity index (χ1n) is 7.61. The molecule has 0 aromatic carbocycles. The van der Waals surface area contributed by atoms with Crippen molar-refractivity contribution in [2.75, 3.05) is 13.1 Å². The van der Waals surface area contributed by atoms with Crippen LogP contribution in [-0.4, -0.2) is 30.1 Å². The molecule has 1 fully saturated rings. The summed E-state index contributed by atoms with van der Waals surface area (Å²) in [6.45, 7) is 11.7. The number of hydrogen-bond acceptors (Lipinski definition) is 2. The molecule has 2 N–H and O–H groups in total. The van der Waals surface area contributed by atoms with E-state index in [2.05, 4.69) is 32.6 Å². The van der Waals surface area contributed by atoms with Gasteiger partial charge in [0.05, 0.1) is 0 Å². The lowest BCUT2D eigenvalue weighted by atomic mass is 9.88. The van der Waals surface area contributed by atoms with Crippen molar-refractivity contribution >= 4 is 0 Å². The maximum atomic E-state index is 6.19. The molecule has 1 rings (SSSR count). The van der Waals surface area contributed by atoms with Crippen molar-refractivity contribution in [2.45, 2.75) is 71.9 Å². The Balaban J connectivity index is 2.51. The summed E-state index contributed by atoms with van der Waals surface area (Å²) in [5.74, 6) is 1.57. The quantitative estimate of drug-likeness (QED) is 0.772. The first-order chi connectivity index (χ1) is 8.12. The van der Waals surface area contributed by atoms with E-state index >= 15 is 0 Å². The summed E-state index contributed by atoms with van der Waals surface area (Å²) in [6, 6.07) is 1.23. The van der Waals surface area contributed by atoms with Crippen LogP contribution in [0.4, 0.5) is 0 Å². The molecule has 2 heteroatoms. The minimum Gasteiger partial charge on any atom is -0.327 e. The van der Waals surface area contributed by atoms with Crippen molar-refractivity contribution in [1.82, 2.24) is 4.90 Å². The fourth-order valence-electron chi connectivity index (χ4n) is 3.05. The third-order valence-corrected chi connectivity index (χ3v) is 4.71. The molecule has 0 radical (unpaired) electrons. The lowest BCUT2D eigenvalue weighted by Crippen LogP contribution is -2.50. The zero-order valence-corrected chi connectivity index (χ0v) is 12.3. The molecule has 1 heterocycles. The number of likely N-dealkylation sites (tertiary alicyclic amines) is 1. The van der Waals surface area contributed by atoms with Crippen LogP contribution in [0.2, 0.25) is 0 Å². The van der Waals surface area contributed by atoms with Gasteiger partial charge >= 0.3 is 0 Å². The van der Waals surface area contributed by atoms with E-state index in [0.717, 1.165) is 17.9 Å². The van der Waals surface area contributed by atoms with Crippen LogP contribution in [-0.2, 0) is 0 Å². The van der Waals surface area contributed by atoms with Gasteiger partial charge in [0.15, 0.2) is 0 Å². The van der Waals surface area contributed by atoms with Gasteiger partial charge in [0, 0.05) is 18.6 Å². The molecule has 1 saturated heterocycles. The summed E-state index contributed by atoms with van der Waals surface area (Å²) < 4.78 is 0. The maximum absolute atomic E-state index is 6.19. The van der Waals surface area contributed by atoms with Crippen LogP contribution in [0.5, 0.6) is 0 Å². The second-order valence-corrected chi connectivity index (χ2v) is 5.93. The minimum atomic E-state index is 0.442. The second kappa shape index (κ2) is 7.38. The molecule has 1 aliphatic rings. The number of rotatable bonds is 6. The van der Waals surface area contributed by atoms with E-state index in [0.29, 0.717) is 6.04 Å². The zero-order valence-electron chi connectivity index (χ0n) is 12.3. The van der Waals surface area contributed by atoms with Crippen LogP contribution in [0.25, 0.3) is 0 Å². The largest absolute Gasteiger partial charge is 0.327 e. The van der Waals surface area contributed by atoms with Gasteiger partial charge in [-0.25, -0.2) is 0 Å². The van der Waals surface area contributed by atoms with Crippen LogP contribution >= 0.6 is 0 Å². The van der Waals surface area contributed by atoms with E-state index < -0.39 is 0 Å². The van der Waals surface area contributed by atoms with E-state index in [4.69, 9.17) is 5.73 Å². The summed E-state index contributed by atoms with van der Waals surface area (Å²) in [7, 11) is 0. The van der Waals surface area contributed by atoms with Crippen LogP contribution in [0.1, 0.15) is 59.8 Å². The van der Waals surface area contributed by atoms with E-state index in [-0.39, 0.29) is 0 Å². The van der Waals surface area contributed by atoms with Crippen molar-refractivity contribution in [2.24, 2.45) is 17.6 Å². The van der Waals surface area contributed by atoms with Crippen LogP contribution in [0.3, 0.4) is 0 Å². The highest BCUT2D eigenvalue weighted by molar-refractivity contribution is 4.85. The zero-order chi connectivity index (χ0) is 12.8. The van der Waals surface area contributed by atoms with E-state index in [1.165, 1.54) is 45.2 Å². The third kappa shape index (κ3) is 4.26. The molecular weight excluding hydrogens is 208 g/mol. The highest BCUT2D eigenvalue weighted by Crippen LogP contribution is 2.25. The fourth-order valence-corrected chi connectivity index (χ4v) is 3.05. The molecule has 0 spiro atoms. The molecule has 2 nitrogen and oxygen atoms in total. The van der Waals surface area contributed by atoms with Crippen molar-refractivity contribution in [3.05, 3.63) is 0 Å². The van der Waals surface area contributed by atoms with Crippen molar-refractivity contribution in [3.63, 3.8) is 0 Å². The lowest BCUT2D eigenvalue weighted by Gasteiger charge is -2.41. The van der Waals surface area contributed by atoms with E-state index in [1.807, 2.05) is 0 Å². The normalized spacial score (nSPS) is 30.2. The van der Waals surface area contributed by atoms with Crippen LogP contribution < -0.4 is 5.73 Å². The average Bonchev–Trinajstić information content (AvgIpc) is 2.36. The van der Waals surface area contributed by atoms with Gasteiger partial charge in [-0.2, -0.15) is 0 Å². The molecule has 17 heavy (non-hydrogen) atoms. The van der Waals surface area contributed by atoms with Gasteiger partial charge < -0.3 is 5.73 Å². The fraction of sp³-hybridized carbons (Fsp3) is 1.00. The topological polar surface area (TPSA) is 29.3 Å². The van der Waals surface area contributed by atoms with Crippen molar-refractivity contribution < 1.29 is 0 Å². The number of nitrogens with zero attached hydrogens (tertiary/aromatic N) is 1. The Morgan fingerprint density at radius 3 is 2.47 bits per heavy atom. The highest BCUT2D eigenvalue weighted by atomic mass is 15.2. The molecule has 0 aromatic heterocycles. The van der Waals surface area contributed by atoms with Gasteiger partial charge in [-0.1, -0.05) is 40.5 Å². The molecule has 0 bridgehead atoms. The third-order valence-electron chi connectivity index (χ3n) is 4.71. The summed E-state index contributed by atoms with van der Waals surface area (Å²) in [6.07, 6.45) is 6.38. The Morgan fingerprint density at radius 1 is 1.24 bits per heavy atom. The summed E-state index contributed by atoms with van der Waals surface area (Å²) >= 11 is 0. The van der Waals surface area contributed by atoms with E-state index in [1.54, 1.807) is 0 Å². The molecule has 1 aliphatic heterocycles. The molecular formula is C15H32N2. The van der Waals surface area contributed by atoms with Crippen LogP contribution in [0, 0.1) is 11.8 Å². The molecule has 0 saturated carbocycles. The van der Waals surface area contributed by atoms with Crippen LogP contribution in [0.15, 0.2) is 0 Å².